The third-order valence-electron chi connectivity index (χ3n) is 7.54. The molecule has 0 spiro atoms. The molecule has 36 heavy (non-hydrogen) atoms. The van der Waals surface area contributed by atoms with Crippen LogP contribution in [0, 0.1) is 0 Å². The Kier molecular flexibility index (Phi) is 5.31. The fourth-order valence-electron chi connectivity index (χ4n) is 5.71. The van der Waals surface area contributed by atoms with E-state index in [9.17, 15) is 24.0 Å². The molecule has 1 aromatic heterocycles. The molecular formula is C24H25N7O5. The van der Waals surface area contributed by atoms with Crippen molar-refractivity contribution in [2.24, 2.45) is 0 Å². The first-order valence-corrected chi connectivity index (χ1v) is 12.2. The Bertz CT molecular complexity index is 1300. The Hall–Kier alpha value is -4.09. The molecule has 2 aromatic rings. The molecule has 0 radical (unpaired) electrons. The van der Waals surface area contributed by atoms with Crippen LogP contribution in [0.2, 0.25) is 0 Å². The number of rotatable bonds is 4. The summed E-state index contributed by atoms with van der Waals surface area (Å²) in [6.07, 6.45) is 5.22. The van der Waals surface area contributed by atoms with Crippen LogP contribution in [0.3, 0.4) is 0 Å². The number of imide groups is 1. The van der Waals surface area contributed by atoms with Crippen molar-refractivity contribution >= 4 is 29.5 Å². The van der Waals surface area contributed by atoms with Crippen molar-refractivity contribution in [1.29, 1.82) is 0 Å². The van der Waals surface area contributed by atoms with Crippen molar-refractivity contribution in [1.82, 2.24) is 35.4 Å². The van der Waals surface area contributed by atoms with Gasteiger partial charge >= 0.3 is 0 Å². The van der Waals surface area contributed by atoms with Crippen molar-refractivity contribution in [3.05, 3.63) is 41.2 Å². The van der Waals surface area contributed by atoms with E-state index in [2.05, 4.69) is 20.9 Å². The molecule has 12 nitrogen and oxygen atoms in total. The standard InChI is InChI=1S/C24H25N7O5/c32-20-7-6-19(23(35)26-20)30-11-13-9-14(4-5-15(13)24(30)36)31-12-17(27-28-31)22(34)25-16-10-21(33)29-8-2-1-3-18(16)29/h4-5,9,12,16,18-19H,1-3,6-8,10-11H2,(H,25,34)(H,26,32,35). The van der Waals surface area contributed by atoms with Crippen LogP contribution >= 0.6 is 0 Å². The zero-order valence-corrected chi connectivity index (χ0v) is 19.5. The van der Waals surface area contributed by atoms with Crippen molar-refractivity contribution < 1.29 is 24.0 Å². The first-order valence-electron chi connectivity index (χ1n) is 12.2. The van der Waals surface area contributed by atoms with E-state index in [1.807, 2.05) is 4.90 Å². The molecule has 3 unspecified atom stereocenters. The fraction of sp³-hybridized carbons (Fsp3) is 0.458. The minimum Gasteiger partial charge on any atom is -0.345 e. The van der Waals surface area contributed by atoms with Gasteiger partial charge in [-0.2, -0.15) is 0 Å². The fourth-order valence-corrected chi connectivity index (χ4v) is 5.71. The van der Waals surface area contributed by atoms with E-state index in [1.54, 1.807) is 18.2 Å². The normalized spacial score (nSPS) is 25.6. The molecule has 6 rings (SSSR count). The molecule has 0 saturated carbocycles. The first-order chi connectivity index (χ1) is 17.4. The van der Waals surface area contributed by atoms with E-state index in [0.29, 0.717) is 24.1 Å². The van der Waals surface area contributed by atoms with Crippen LogP contribution in [-0.2, 0) is 20.9 Å². The lowest BCUT2D eigenvalue weighted by atomic mass is 9.99. The Balaban J connectivity index is 1.16. The number of carbonyl (C=O) groups is 5. The largest absolute Gasteiger partial charge is 0.345 e. The predicted molar refractivity (Wildman–Crippen MR) is 123 cm³/mol. The van der Waals surface area contributed by atoms with Gasteiger partial charge in [-0.25, -0.2) is 4.68 Å². The third kappa shape index (κ3) is 3.73. The minimum atomic E-state index is -0.685. The average molecular weight is 492 g/mol. The highest BCUT2D eigenvalue weighted by molar-refractivity contribution is 6.05. The maximum absolute atomic E-state index is 12.9. The van der Waals surface area contributed by atoms with Crippen LogP contribution < -0.4 is 10.6 Å². The second-order valence-electron chi connectivity index (χ2n) is 9.72. The molecule has 4 aliphatic rings. The van der Waals surface area contributed by atoms with Gasteiger partial charge in [0.25, 0.3) is 11.8 Å². The summed E-state index contributed by atoms with van der Waals surface area (Å²) in [5, 5.41) is 13.3. The number of nitrogens with zero attached hydrogens (tertiary/aromatic N) is 5. The third-order valence-corrected chi connectivity index (χ3v) is 7.54. The van der Waals surface area contributed by atoms with Gasteiger partial charge < -0.3 is 15.1 Å². The maximum atomic E-state index is 12.9. The van der Waals surface area contributed by atoms with E-state index in [4.69, 9.17) is 0 Å². The van der Waals surface area contributed by atoms with Gasteiger partial charge in [-0.05, 0) is 49.4 Å². The molecule has 3 saturated heterocycles. The van der Waals surface area contributed by atoms with Crippen molar-refractivity contribution in [2.45, 2.75) is 63.2 Å². The van der Waals surface area contributed by atoms with Crippen molar-refractivity contribution in [3.8, 4) is 5.69 Å². The molecule has 3 atom stereocenters. The number of aromatic nitrogens is 3. The SMILES string of the molecule is O=C1CCC(N2Cc3cc(-n4cc(C(=O)NC5CC(=O)N6CCCCC56)nn4)ccc3C2=O)C(=O)N1. The number of nitrogens with one attached hydrogen (secondary N) is 2. The van der Waals surface area contributed by atoms with E-state index in [-0.39, 0.29) is 54.4 Å². The Morgan fingerprint density at radius 2 is 1.94 bits per heavy atom. The maximum Gasteiger partial charge on any atom is 0.273 e. The van der Waals surface area contributed by atoms with Gasteiger partial charge in [-0.3, -0.25) is 29.3 Å². The second-order valence-corrected chi connectivity index (χ2v) is 9.72. The number of piperidine rings is 2. The number of hydrogen-bond donors (Lipinski definition) is 2. The Morgan fingerprint density at radius 1 is 1.08 bits per heavy atom. The lowest BCUT2D eigenvalue weighted by Gasteiger charge is -2.32. The number of hydrogen-bond acceptors (Lipinski definition) is 7. The summed E-state index contributed by atoms with van der Waals surface area (Å²) in [5.41, 5.74) is 1.97. The first kappa shape index (κ1) is 22.4. The monoisotopic (exact) mass is 491 g/mol. The summed E-state index contributed by atoms with van der Waals surface area (Å²) in [6.45, 7) is 0.984. The number of carbonyl (C=O) groups excluding carboxylic acids is 5. The molecule has 12 heteroatoms. The van der Waals surface area contributed by atoms with Crippen LogP contribution in [-0.4, -0.2) is 79.0 Å². The number of benzene rings is 1. The topological polar surface area (TPSA) is 147 Å². The molecule has 0 bridgehead atoms. The Labute approximate surface area is 206 Å². The van der Waals surface area contributed by atoms with Gasteiger partial charge in [-0.15, -0.1) is 5.10 Å². The highest BCUT2D eigenvalue weighted by atomic mass is 16.2. The summed E-state index contributed by atoms with van der Waals surface area (Å²) < 4.78 is 1.46. The molecule has 1 aromatic carbocycles. The number of fused-ring (bicyclic) bond motifs is 2. The lowest BCUT2D eigenvalue weighted by molar-refractivity contribution is -0.137. The minimum absolute atomic E-state index is 0.0341. The molecule has 0 aliphatic carbocycles. The summed E-state index contributed by atoms with van der Waals surface area (Å²) in [4.78, 5) is 65.1. The molecule has 5 heterocycles. The molecular weight excluding hydrogens is 466 g/mol. The smallest absolute Gasteiger partial charge is 0.273 e. The summed E-state index contributed by atoms with van der Waals surface area (Å²) in [5.74, 6) is -1.35. The Morgan fingerprint density at radius 3 is 2.78 bits per heavy atom. The zero-order chi connectivity index (χ0) is 25.0. The van der Waals surface area contributed by atoms with Crippen LogP contribution in [0.4, 0.5) is 0 Å². The zero-order valence-electron chi connectivity index (χ0n) is 19.5. The van der Waals surface area contributed by atoms with Gasteiger partial charge in [0.15, 0.2) is 5.69 Å². The molecule has 4 aliphatic heterocycles. The average Bonchev–Trinajstić information content (AvgIpc) is 3.56. The van der Waals surface area contributed by atoms with Crippen LogP contribution in [0.5, 0.6) is 0 Å². The summed E-state index contributed by atoms with van der Waals surface area (Å²) >= 11 is 0. The highest BCUT2D eigenvalue weighted by Gasteiger charge is 2.42. The van der Waals surface area contributed by atoms with E-state index in [0.717, 1.165) is 31.4 Å². The lowest BCUT2D eigenvalue weighted by Crippen LogP contribution is -2.52. The molecule has 2 N–H and O–H groups in total. The quantitative estimate of drug-likeness (QED) is 0.568. The van der Waals surface area contributed by atoms with Gasteiger partial charge in [0, 0.05) is 31.5 Å². The van der Waals surface area contributed by atoms with E-state index < -0.39 is 11.9 Å². The summed E-state index contributed by atoms with van der Waals surface area (Å²) in [6, 6.07) is 4.27. The molecule has 3 fully saturated rings. The predicted octanol–water partition coefficient (Wildman–Crippen LogP) is -0.0885. The van der Waals surface area contributed by atoms with Gasteiger partial charge in [0.2, 0.25) is 17.7 Å². The second kappa shape index (κ2) is 8.54. The van der Waals surface area contributed by atoms with Crippen molar-refractivity contribution in [3.63, 3.8) is 0 Å². The van der Waals surface area contributed by atoms with Crippen LogP contribution in [0.1, 0.15) is 64.9 Å². The van der Waals surface area contributed by atoms with Gasteiger partial charge in [0.05, 0.1) is 24.0 Å². The van der Waals surface area contributed by atoms with E-state index in [1.165, 1.54) is 15.8 Å². The molecule has 5 amide bonds. The number of amides is 5. The van der Waals surface area contributed by atoms with Crippen LogP contribution in [0.15, 0.2) is 24.4 Å². The van der Waals surface area contributed by atoms with Gasteiger partial charge in [0.1, 0.15) is 6.04 Å². The van der Waals surface area contributed by atoms with Crippen molar-refractivity contribution in [2.75, 3.05) is 6.54 Å². The van der Waals surface area contributed by atoms with Gasteiger partial charge in [-0.1, -0.05) is 5.21 Å². The summed E-state index contributed by atoms with van der Waals surface area (Å²) in [7, 11) is 0. The highest BCUT2D eigenvalue weighted by Crippen LogP contribution is 2.30. The van der Waals surface area contributed by atoms with E-state index >= 15 is 0 Å². The van der Waals surface area contributed by atoms with Crippen LogP contribution in [0.25, 0.3) is 5.69 Å². The molecule has 186 valence electrons.